The summed E-state index contributed by atoms with van der Waals surface area (Å²) in [6.07, 6.45) is 0. The number of carbonyl (C=O) groups excluding carboxylic acids is 2. The molecule has 0 N–H and O–H groups in total. The summed E-state index contributed by atoms with van der Waals surface area (Å²) in [5, 5.41) is 0. The van der Waals surface area contributed by atoms with Crippen LogP contribution in [-0.4, -0.2) is 55.5 Å². The number of hydrogen-bond donors (Lipinski definition) is 0. The summed E-state index contributed by atoms with van der Waals surface area (Å²) >= 11 is 0. The standard InChI is InChI=1S/C16H24N2O3/c1-5-18(6-2)15(19)12-17(3)11-13-8-7-9-14(10-13)16(20)21-4/h7-10H,5-6,11-12H2,1-4H3. The summed E-state index contributed by atoms with van der Waals surface area (Å²) in [5.41, 5.74) is 1.51. The number of nitrogens with zero attached hydrogens (tertiary/aromatic N) is 2. The van der Waals surface area contributed by atoms with Gasteiger partial charge < -0.3 is 9.64 Å². The van der Waals surface area contributed by atoms with E-state index in [0.717, 1.165) is 18.7 Å². The van der Waals surface area contributed by atoms with Crippen molar-refractivity contribution in [3.05, 3.63) is 35.4 Å². The van der Waals surface area contributed by atoms with Crippen LogP contribution in [0, 0.1) is 0 Å². The van der Waals surface area contributed by atoms with Crippen LogP contribution in [0.4, 0.5) is 0 Å². The third-order valence-corrected chi connectivity index (χ3v) is 3.32. The molecule has 5 nitrogen and oxygen atoms in total. The Kier molecular flexibility index (Phi) is 6.88. The van der Waals surface area contributed by atoms with Gasteiger partial charge in [0.2, 0.25) is 5.91 Å². The van der Waals surface area contributed by atoms with Gasteiger partial charge >= 0.3 is 5.97 Å². The van der Waals surface area contributed by atoms with E-state index < -0.39 is 0 Å². The fourth-order valence-electron chi connectivity index (χ4n) is 2.19. The molecule has 1 amide bonds. The normalized spacial score (nSPS) is 10.5. The molecule has 0 bridgehead atoms. The number of hydrogen-bond acceptors (Lipinski definition) is 4. The summed E-state index contributed by atoms with van der Waals surface area (Å²) in [4.78, 5) is 27.3. The number of esters is 1. The van der Waals surface area contributed by atoms with Gasteiger partial charge in [-0.05, 0) is 38.6 Å². The fraction of sp³-hybridized carbons (Fsp3) is 0.500. The van der Waals surface area contributed by atoms with E-state index in [1.54, 1.807) is 17.0 Å². The van der Waals surface area contributed by atoms with Gasteiger partial charge in [-0.1, -0.05) is 12.1 Å². The molecule has 0 spiro atoms. The van der Waals surface area contributed by atoms with E-state index in [-0.39, 0.29) is 11.9 Å². The second-order valence-corrected chi connectivity index (χ2v) is 4.93. The maximum absolute atomic E-state index is 12.0. The van der Waals surface area contributed by atoms with Crippen molar-refractivity contribution in [3.8, 4) is 0 Å². The van der Waals surface area contributed by atoms with Gasteiger partial charge in [0.25, 0.3) is 0 Å². The molecule has 21 heavy (non-hydrogen) atoms. The van der Waals surface area contributed by atoms with Crippen LogP contribution in [0.25, 0.3) is 0 Å². The van der Waals surface area contributed by atoms with E-state index in [9.17, 15) is 9.59 Å². The Balaban J connectivity index is 2.64. The first-order chi connectivity index (χ1) is 10.0. The molecule has 1 aromatic rings. The van der Waals surface area contributed by atoms with E-state index in [2.05, 4.69) is 0 Å². The Morgan fingerprint density at radius 3 is 2.43 bits per heavy atom. The number of ether oxygens (including phenoxy) is 1. The molecule has 0 radical (unpaired) electrons. The maximum atomic E-state index is 12.0. The van der Waals surface area contributed by atoms with Gasteiger partial charge in [0.15, 0.2) is 0 Å². The van der Waals surface area contributed by atoms with E-state index in [0.29, 0.717) is 18.7 Å². The van der Waals surface area contributed by atoms with Crippen molar-refractivity contribution in [2.75, 3.05) is 33.8 Å². The van der Waals surface area contributed by atoms with Crippen molar-refractivity contribution in [1.82, 2.24) is 9.80 Å². The zero-order valence-electron chi connectivity index (χ0n) is 13.3. The second-order valence-electron chi connectivity index (χ2n) is 4.93. The molecule has 0 fully saturated rings. The van der Waals surface area contributed by atoms with Gasteiger partial charge in [0.1, 0.15) is 0 Å². The van der Waals surface area contributed by atoms with Crippen molar-refractivity contribution in [1.29, 1.82) is 0 Å². The van der Waals surface area contributed by atoms with Crippen molar-refractivity contribution in [2.45, 2.75) is 20.4 Å². The molecule has 0 heterocycles. The van der Waals surface area contributed by atoms with Gasteiger partial charge in [-0.3, -0.25) is 9.69 Å². The quantitative estimate of drug-likeness (QED) is 0.719. The lowest BCUT2D eigenvalue weighted by Gasteiger charge is -2.23. The molecule has 1 rings (SSSR count). The molecule has 5 heteroatoms. The summed E-state index contributed by atoms with van der Waals surface area (Å²) in [5.74, 6) is -0.231. The van der Waals surface area contributed by atoms with Gasteiger partial charge in [-0.2, -0.15) is 0 Å². The van der Waals surface area contributed by atoms with E-state index in [1.165, 1.54) is 7.11 Å². The topological polar surface area (TPSA) is 49.9 Å². The molecule has 0 aromatic heterocycles. The van der Waals surface area contributed by atoms with Crippen molar-refractivity contribution >= 4 is 11.9 Å². The van der Waals surface area contributed by atoms with Crippen LogP contribution in [-0.2, 0) is 16.1 Å². The number of benzene rings is 1. The first kappa shape index (κ1) is 17.2. The van der Waals surface area contributed by atoms with E-state index in [4.69, 9.17) is 4.74 Å². The number of carbonyl (C=O) groups is 2. The Bertz CT molecular complexity index is 484. The van der Waals surface area contributed by atoms with Gasteiger partial charge in [-0.15, -0.1) is 0 Å². The van der Waals surface area contributed by atoms with Crippen LogP contribution in [0.2, 0.25) is 0 Å². The number of rotatable bonds is 7. The van der Waals surface area contributed by atoms with Crippen LogP contribution in [0.15, 0.2) is 24.3 Å². The van der Waals surface area contributed by atoms with Crippen molar-refractivity contribution < 1.29 is 14.3 Å². The van der Waals surface area contributed by atoms with Crippen molar-refractivity contribution in [2.24, 2.45) is 0 Å². The molecule has 0 saturated heterocycles. The zero-order chi connectivity index (χ0) is 15.8. The Labute approximate surface area is 126 Å². The molecule has 0 aliphatic rings. The fourth-order valence-corrected chi connectivity index (χ4v) is 2.19. The summed E-state index contributed by atoms with van der Waals surface area (Å²) in [6.45, 7) is 6.37. The molecule has 116 valence electrons. The Morgan fingerprint density at radius 2 is 1.86 bits per heavy atom. The van der Waals surface area contributed by atoms with Crippen LogP contribution in [0.5, 0.6) is 0 Å². The molecule has 0 unspecified atom stereocenters. The summed E-state index contributed by atoms with van der Waals surface area (Å²) < 4.78 is 4.71. The predicted octanol–water partition coefficient (Wildman–Crippen LogP) is 1.77. The van der Waals surface area contributed by atoms with E-state index >= 15 is 0 Å². The molecular weight excluding hydrogens is 268 g/mol. The second kappa shape index (κ2) is 8.42. The summed E-state index contributed by atoms with van der Waals surface area (Å²) in [6, 6.07) is 7.27. The Hall–Kier alpha value is -1.88. The van der Waals surface area contributed by atoms with Crippen LogP contribution < -0.4 is 0 Å². The number of methoxy groups -OCH3 is 1. The molecular formula is C16H24N2O3. The monoisotopic (exact) mass is 292 g/mol. The van der Waals surface area contributed by atoms with Gasteiger partial charge in [-0.25, -0.2) is 4.79 Å². The van der Waals surface area contributed by atoms with Crippen LogP contribution in [0.3, 0.4) is 0 Å². The minimum Gasteiger partial charge on any atom is -0.465 e. The van der Waals surface area contributed by atoms with Crippen LogP contribution >= 0.6 is 0 Å². The van der Waals surface area contributed by atoms with Gasteiger partial charge in [0, 0.05) is 19.6 Å². The lowest BCUT2D eigenvalue weighted by Crippen LogP contribution is -2.38. The average Bonchev–Trinajstić information content (AvgIpc) is 2.47. The third kappa shape index (κ3) is 5.19. The molecule has 0 atom stereocenters. The van der Waals surface area contributed by atoms with Gasteiger partial charge in [0.05, 0.1) is 19.2 Å². The first-order valence-electron chi connectivity index (χ1n) is 7.15. The SMILES string of the molecule is CCN(CC)C(=O)CN(C)Cc1cccc(C(=O)OC)c1. The zero-order valence-corrected chi connectivity index (χ0v) is 13.3. The predicted molar refractivity (Wildman–Crippen MR) is 82.0 cm³/mol. The highest BCUT2D eigenvalue weighted by Gasteiger charge is 2.13. The maximum Gasteiger partial charge on any atom is 0.337 e. The third-order valence-electron chi connectivity index (χ3n) is 3.32. The smallest absolute Gasteiger partial charge is 0.337 e. The highest BCUT2D eigenvalue weighted by atomic mass is 16.5. The lowest BCUT2D eigenvalue weighted by molar-refractivity contribution is -0.131. The van der Waals surface area contributed by atoms with Crippen molar-refractivity contribution in [3.63, 3.8) is 0 Å². The highest BCUT2D eigenvalue weighted by molar-refractivity contribution is 5.89. The molecule has 0 saturated carbocycles. The number of amides is 1. The molecule has 1 aromatic carbocycles. The first-order valence-corrected chi connectivity index (χ1v) is 7.15. The average molecular weight is 292 g/mol. The largest absolute Gasteiger partial charge is 0.465 e. The lowest BCUT2D eigenvalue weighted by atomic mass is 10.1. The molecule has 0 aliphatic carbocycles. The number of likely N-dealkylation sites (N-methyl/N-ethyl adjacent to an activating group) is 2. The minimum absolute atomic E-state index is 0.117. The van der Waals surface area contributed by atoms with E-state index in [1.807, 2.05) is 37.9 Å². The summed E-state index contributed by atoms with van der Waals surface area (Å²) in [7, 11) is 3.26. The highest BCUT2D eigenvalue weighted by Crippen LogP contribution is 2.09. The Morgan fingerprint density at radius 1 is 1.19 bits per heavy atom. The van der Waals surface area contributed by atoms with Crippen LogP contribution in [0.1, 0.15) is 29.8 Å². The molecule has 0 aliphatic heterocycles. The minimum atomic E-state index is -0.348.